The van der Waals surface area contributed by atoms with Gasteiger partial charge in [0.15, 0.2) is 5.96 Å². The Labute approximate surface area is 160 Å². The number of aliphatic imine (C=N–C) groups is 1. The number of nitrogens with one attached hydrogen (secondary N) is 2. The quantitative estimate of drug-likeness (QED) is 0.412. The van der Waals surface area contributed by atoms with Crippen LogP contribution in [-0.4, -0.2) is 43.4 Å². The Kier molecular flexibility index (Phi) is 9.54. The van der Waals surface area contributed by atoms with Crippen LogP contribution in [0.4, 0.5) is 0 Å². The van der Waals surface area contributed by atoms with E-state index in [9.17, 15) is 4.79 Å². The molecule has 0 aliphatic heterocycles. The van der Waals surface area contributed by atoms with Gasteiger partial charge >= 0.3 is 0 Å². The molecule has 0 bridgehead atoms. The molecule has 23 heavy (non-hydrogen) atoms. The van der Waals surface area contributed by atoms with Crippen LogP contribution < -0.4 is 10.6 Å². The van der Waals surface area contributed by atoms with Crippen LogP contribution in [0, 0.1) is 0 Å². The lowest BCUT2D eigenvalue weighted by molar-refractivity contribution is -0.127. The molecule has 130 valence electrons. The van der Waals surface area contributed by atoms with Crippen LogP contribution >= 0.6 is 35.3 Å². The third kappa shape index (κ3) is 7.52. The number of halogens is 1. The fraction of sp³-hybridized carbons (Fsp3) is 0.625. The first-order valence-electron chi connectivity index (χ1n) is 7.92. The first-order chi connectivity index (χ1) is 10.6. The second kappa shape index (κ2) is 10.9. The Morgan fingerprint density at radius 1 is 1.35 bits per heavy atom. The molecule has 1 fully saturated rings. The average molecular weight is 450 g/mol. The highest BCUT2D eigenvalue weighted by Crippen LogP contribution is 2.17. The van der Waals surface area contributed by atoms with E-state index in [1.165, 1.54) is 37.0 Å². The number of guanidine groups is 1. The van der Waals surface area contributed by atoms with Crippen LogP contribution in [0.2, 0.25) is 0 Å². The van der Waals surface area contributed by atoms with E-state index in [2.05, 4.69) is 27.1 Å². The summed E-state index contributed by atoms with van der Waals surface area (Å²) in [4.78, 5) is 19.0. The van der Waals surface area contributed by atoms with E-state index < -0.39 is 0 Å². The molecule has 1 aliphatic carbocycles. The van der Waals surface area contributed by atoms with Crippen LogP contribution in [0.15, 0.2) is 22.5 Å². The molecule has 1 saturated carbocycles. The van der Waals surface area contributed by atoms with Crippen molar-refractivity contribution < 1.29 is 4.79 Å². The minimum atomic E-state index is 0. The number of thiophene rings is 1. The summed E-state index contributed by atoms with van der Waals surface area (Å²) in [5.74, 6) is 0.761. The summed E-state index contributed by atoms with van der Waals surface area (Å²) in [7, 11) is 3.51. The van der Waals surface area contributed by atoms with Crippen molar-refractivity contribution in [2.24, 2.45) is 4.99 Å². The lowest BCUT2D eigenvalue weighted by Crippen LogP contribution is -2.44. The summed E-state index contributed by atoms with van der Waals surface area (Å²) in [5, 5.41) is 8.90. The molecule has 0 atom stereocenters. The maximum Gasteiger partial charge on any atom is 0.243 e. The Hall–Kier alpha value is -0.830. The monoisotopic (exact) mass is 450 g/mol. The smallest absolute Gasteiger partial charge is 0.243 e. The van der Waals surface area contributed by atoms with Crippen LogP contribution in [0.25, 0.3) is 0 Å². The van der Waals surface area contributed by atoms with Gasteiger partial charge in [0.2, 0.25) is 5.91 Å². The maximum absolute atomic E-state index is 11.7. The highest BCUT2D eigenvalue weighted by atomic mass is 127. The number of hydrogen-bond donors (Lipinski definition) is 2. The molecule has 2 N–H and O–H groups in total. The predicted molar refractivity (Wildman–Crippen MR) is 108 cm³/mol. The number of amides is 1. The number of likely N-dealkylation sites (N-methyl/N-ethyl adjacent to an activating group) is 1. The number of hydrogen-bond acceptors (Lipinski definition) is 3. The minimum absolute atomic E-state index is 0. The van der Waals surface area contributed by atoms with Crippen molar-refractivity contribution in [3.63, 3.8) is 0 Å². The fourth-order valence-electron chi connectivity index (χ4n) is 2.46. The second-order valence-corrected chi connectivity index (χ2v) is 6.90. The molecular formula is C16H27IN4OS. The van der Waals surface area contributed by atoms with Gasteiger partial charge in [-0.25, -0.2) is 4.99 Å². The van der Waals surface area contributed by atoms with Crippen molar-refractivity contribution >= 4 is 47.2 Å². The number of carbonyl (C=O) groups excluding carboxylic acids is 1. The van der Waals surface area contributed by atoms with Crippen LogP contribution in [-0.2, 0) is 11.3 Å². The Bertz CT molecular complexity index is 484. The molecule has 1 aliphatic rings. The van der Waals surface area contributed by atoms with Crippen molar-refractivity contribution in [1.82, 2.24) is 15.5 Å². The lowest BCUT2D eigenvalue weighted by Gasteiger charge is -2.25. The van der Waals surface area contributed by atoms with Gasteiger partial charge in [0.25, 0.3) is 0 Å². The Balaban J connectivity index is 0.00000264. The van der Waals surface area contributed by atoms with E-state index in [0.29, 0.717) is 6.04 Å². The molecule has 1 heterocycles. The zero-order chi connectivity index (χ0) is 15.8. The molecule has 7 heteroatoms. The van der Waals surface area contributed by atoms with Gasteiger partial charge in [0, 0.05) is 25.0 Å². The molecule has 0 spiro atoms. The van der Waals surface area contributed by atoms with Crippen molar-refractivity contribution in [3.05, 3.63) is 22.4 Å². The lowest BCUT2D eigenvalue weighted by atomic mass is 9.96. The van der Waals surface area contributed by atoms with Crippen molar-refractivity contribution in [3.8, 4) is 0 Å². The third-order valence-electron chi connectivity index (χ3n) is 3.83. The predicted octanol–water partition coefficient (Wildman–Crippen LogP) is 2.82. The van der Waals surface area contributed by atoms with Crippen LogP contribution in [0.5, 0.6) is 0 Å². The number of rotatable bonds is 5. The normalized spacial score (nSPS) is 15.7. The van der Waals surface area contributed by atoms with Gasteiger partial charge in [-0.05, 0) is 24.3 Å². The first-order valence-corrected chi connectivity index (χ1v) is 8.80. The fourth-order valence-corrected chi connectivity index (χ4v) is 3.11. The van der Waals surface area contributed by atoms with Gasteiger partial charge in [-0.15, -0.1) is 35.3 Å². The molecule has 1 aromatic rings. The summed E-state index contributed by atoms with van der Waals surface area (Å²) < 4.78 is 0. The van der Waals surface area contributed by atoms with Gasteiger partial charge in [0.1, 0.15) is 6.54 Å². The van der Waals surface area contributed by atoms with Gasteiger partial charge in [-0.3, -0.25) is 4.79 Å². The molecule has 1 amide bonds. The Morgan fingerprint density at radius 3 is 2.70 bits per heavy atom. The van der Waals surface area contributed by atoms with E-state index in [1.54, 1.807) is 30.3 Å². The summed E-state index contributed by atoms with van der Waals surface area (Å²) in [6.45, 7) is 0.922. The highest BCUT2D eigenvalue weighted by molar-refractivity contribution is 14.0. The van der Waals surface area contributed by atoms with E-state index in [4.69, 9.17) is 0 Å². The standard InChI is InChI=1S/C16H26N4OS.HI/c1-20(2)15(21)12-18-16(17-11-14-9-6-10-22-14)19-13-7-4-3-5-8-13;/h6,9-10,13H,3-5,7-8,11-12H2,1-2H3,(H2,17,18,19);1H. The maximum atomic E-state index is 11.7. The summed E-state index contributed by atoms with van der Waals surface area (Å²) in [5.41, 5.74) is 0. The molecule has 0 aromatic carbocycles. The highest BCUT2D eigenvalue weighted by Gasteiger charge is 2.15. The van der Waals surface area contributed by atoms with Gasteiger partial charge in [0.05, 0.1) is 6.54 Å². The molecule has 2 rings (SSSR count). The van der Waals surface area contributed by atoms with Crippen LogP contribution in [0.3, 0.4) is 0 Å². The molecule has 0 saturated heterocycles. The Morgan fingerprint density at radius 2 is 2.09 bits per heavy atom. The summed E-state index contributed by atoms with van der Waals surface area (Å²) in [6.07, 6.45) is 6.23. The summed E-state index contributed by atoms with van der Waals surface area (Å²) in [6, 6.07) is 4.61. The third-order valence-corrected chi connectivity index (χ3v) is 4.70. The molecular weight excluding hydrogens is 423 g/mol. The largest absolute Gasteiger partial charge is 0.354 e. The van der Waals surface area contributed by atoms with E-state index in [0.717, 1.165) is 12.5 Å². The van der Waals surface area contributed by atoms with Crippen LogP contribution in [0.1, 0.15) is 37.0 Å². The number of carbonyl (C=O) groups is 1. The molecule has 5 nitrogen and oxygen atoms in total. The minimum Gasteiger partial charge on any atom is -0.354 e. The van der Waals surface area contributed by atoms with Gasteiger partial charge in [-0.1, -0.05) is 25.3 Å². The zero-order valence-electron chi connectivity index (χ0n) is 13.9. The SMILES string of the molecule is CN(C)C(=O)CN=C(NCc1cccs1)NC1CCCCC1.I. The van der Waals surface area contributed by atoms with E-state index in [1.807, 2.05) is 6.07 Å². The van der Waals surface area contributed by atoms with E-state index >= 15 is 0 Å². The first kappa shape index (κ1) is 20.2. The molecule has 0 unspecified atom stereocenters. The van der Waals surface area contributed by atoms with E-state index in [-0.39, 0.29) is 36.4 Å². The van der Waals surface area contributed by atoms with Gasteiger partial charge in [-0.2, -0.15) is 0 Å². The number of nitrogens with zero attached hydrogens (tertiary/aromatic N) is 2. The topological polar surface area (TPSA) is 56.7 Å². The average Bonchev–Trinajstić information content (AvgIpc) is 3.04. The zero-order valence-corrected chi connectivity index (χ0v) is 17.0. The second-order valence-electron chi connectivity index (χ2n) is 5.87. The van der Waals surface area contributed by atoms with Crippen molar-refractivity contribution in [2.45, 2.75) is 44.7 Å². The summed E-state index contributed by atoms with van der Waals surface area (Å²) >= 11 is 1.72. The molecule has 1 aromatic heterocycles. The van der Waals surface area contributed by atoms with Crippen molar-refractivity contribution in [2.75, 3.05) is 20.6 Å². The molecule has 0 radical (unpaired) electrons. The van der Waals surface area contributed by atoms with Crippen molar-refractivity contribution in [1.29, 1.82) is 0 Å². The van der Waals surface area contributed by atoms with Gasteiger partial charge < -0.3 is 15.5 Å².